The molecule has 0 unspecified atom stereocenters. The van der Waals surface area contributed by atoms with Crippen LogP contribution in [0.3, 0.4) is 0 Å². The molecule has 3 aliphatic rings. The molecule has 3 atom stereocenters. The molecule has 3 N–H and O–H groups in total. The summed E-state index contributed by atoms with van der Waals surface area (Å²) in [4.78, 5) is 61.6. The van der Waals surface area contributed by atoms with Crippen molar-refractivity contribution in [1.82, 2.24) is 25.0 Å². The van der Waals surface area contributed by atoms with E-state index in [2.05, 4.69) is 10.6 Å². The summed E-state index contributed by atoms with van der Waals surface area (Å²) in [5.74, 6) is -1.12. The molecule has 174 valence electrons. The van der Waals surface area contributed by atoms with Crippen LogP contribution < -0.4 is 16.2 Å². The molecule has 2 fully saturated rings. The Labute approximate surface area is 185 Å². The van der Waals surface area contributed by atoms with Crippen LogP contribution in [0.1, 0.15) is 37.9 Å². The highest BCUT2D eigenvalue weighted by Crippen LogP contribution is 2.41. The molecule has 11 nitrogen and oxygen atoms in total. The molecule has 4 heterocycles. The van der Waals surface area contributed by atoms with E-state index >= 15 is 0 Å². The van der Waals surface area contributed by atoms with Crippen LogP contribution in [0.25, 0.3) is 0 Å². The molecule has 1 aromatic rings. The lowest BCUT2D eigenvalue weighted by molar-refractivity contribution is -0.135. The number of likely N-dealkylation sites (tertiary alicyclic amines) is 1. The first-order valence-corrected chi connectivity index (χ1v) is 10.7. The van der Waals surface area contributed by atoms with Gasteiger partial charge in [-0.05, 0) is 12.5 Å². The number of hydrogen-bond donors (Lipinski definition) is 3. The number of urea groups is 1. The Bertz CT molecular complexity index is 956. The van der Waals surface area contributed by atoms with Crippen LogP contribution in [-0.2, 0) is 14.4 Å². The van der Waals surface area contributed by atoms with Crippen molar-refractivity contribution in [3.05, 3.63) is 34.2 Å². The number of carboxylic acids is 1. The van der Waals surface area contributed by atoms with Gasteiger partial charge in [0.25, 0.3) is 11.5 Å². The van der Waals surface area contributed by atoms with Gasteiger partial charge >= 0.3 is 6.03 Å². The van der Waals surface area contributed by atoms with Gasteiger partial charge in [0, 0.05) is 76.7 Å². The molecule has 0 radical (unpaired) electrons. The molecule has 0 saturated carbocycles. The second-order valence-corrected chi connectivity index (χ2v) is 8.25. The second kappa shape index (κ2) is 9.84. The average Bonchev–Trinajstić information content (AvgIpc) is 3.13. The van der Waals surface area contributed by atoms with E-state index in [1.165, 1.54) is 13.0 Å². The SMILES string of the molecule is CC(=O)N1C[C@H]2C[C@@H](C1)[C@H](C(=O)NCCN1CCNC1=O)n1c2cccc1=O.CC(=O)O. The number of hydrogen-bond acceptors (Lipinski definition) is 5. The summed E-state index contributed by atoms with van der Waals surface area (Å²) in [7, 11) is 0. The van der Waals surface area contributed by atoms with Crippen molar-refractivity contribution in [3.63, 3.8) is 0 Å². The Balaban J connectivity index is 0.000000668. The number of aromatic nitrogens is 1. The van der Waals surface area contributed by atoms with E-state index in [-0.39, 0.29) is 35.2 Å². The zero-order chi connectivity index (χ0) is 23.4. The summed E-state index contributed by atoms with van der Waals surface area (Å²) in [5.41, 5.74) is 0.622. The first kappa shape index (κ1) is 23.3. The number of aliphatic carboxylic acids is 1. The van der Waals surface area contributed by atoms with Gasteiger partial charge in [0.2, 0.25) is 11.8 Å². The lowest BCUT2D eigenvalue weighted by Crippen LogP contribution is -2.54. The standard InChI is InChI=1S/C19H25N5O4.C2H4O2/c1-12(25)23-10-13-9-14(11-23)17(24-15(13)3-2-4-16(24)26)18(27)20-5-7-22-8-6-21-19(22)28;1-2(3)4/h2-4,13-14,17H,5-11H2,1H3,(H,20,27)(H,21,28);1H3,(H,3,4)/t13-,14+,17-;/m1./s1. The molecule has 32 heavy (non-hydrogen) atoms. The molecule has 2 saturated heterocycles. The molecule has 0 aliphatic carbocycles. The molecular formula is C21H29N5O6. The smallest absolute Gasteiger partial charge is 0.317 e. The van der Waals surface area contributed by atoms with Crippen LogP contribution >= 0.6 is 0 Å². The summed E-state index contributed by atoms with van der Waals surface area (Å²) in [6.07, 6.45) is 0.778. The molecule has 4 rings (SSSR count). The van der Waals surface area contributed by atoms with Crippen molar-refractivity contribution in [2.45, 2.75) is 32.2 Å². The summed E-state index contributed by atoms with van der Waals surface area (Å²) in [5, 5.41) is 13.0. The minimum Gasteiger partial charge on any atom is -0.481 e. The normalized spacial score (nSPS) is 23.4. The van der Waals surface area contributed by atoms with Gasteiger partial charge in [-0.2, -0.15) is 0 Å². The largest absolute Gasteiger partial charge is 0.481 e. The number of pyridine rings is 1. The van der Waals surface area contributed by atoms with Gasteiger partial charge in [0.1, 0.15) is 6.04 Å². The van der Waals surface area contributed by atoms with E-state index in [0.717, 1.165) is 19.0 Å². The number of carbonyl (C=O) groups excluding carboxylic acids is 3. The maximum Gasteiger partial charge on any atom is 0.317 e. The van der Waals surface area contributed by atoms with E-state index in [1.807, 2.05) is 6.07 Å². The third-order valence-corrected chi connectivity index (χ3v) is 5.99. The van der Waals surface area contributed by atoms with Crippen LogP contribution in [0.5, 0.6) is 0 Å². The van der Waals surface area contributed by atoms with Gasteiger partial charge in [0.05, 0.1) is 0 Å². The Hall–Kier alpha value is -3.37. The van der Waals surface area contributed by atoms with Gasteiger partial charge in [-0.3, -0.25) is 23.7 Å². The lowest BCUT2D eigenvalue weighted by atomic mass is 9.78. The van der Waals surface area contributed by atoms with Crippen molar-refractivity contribution < 1.29 is 24.3 Å². The minimum atomic E-state index is -0.833. The molecule has 0 aromatic carbocycles. The predicted molar refractivity (Wildman–Crippen MR) is 114 cm³/mol. The fraction of sp³-hybridized carbons (Fsp3) is 0.571. The third kappa shape index (κ3) is 5.09. The van der Waals surface area contributed by atoms with Gasteiger partial charge in [0.15, 0.2) is 0 Å². The topological polar surface area (TPSA) is 141 Å². The van der Waals surface area contributed by atoms with Crippen molar-refractivity contribution >= 4 is 23.8 Å². The molecule has 11 heteroatoms. The predicted octanol–water partition coefficient (Wildman–Crippen LogP) is -0.413. The molecule has 4 amide bonds. The maximum absolute atomic E-state index is 13.1. The molecule has 2 bridgehead atoms. The van der Waals surface area contributed by atoms with Gasteiger partial charge < -0.3 is 25.5 Å². The van der Waals surface area contributed by atoms with E-state index < -0.39 is 12.0 Å². The highest BCUT2D eigenvalue weighted by Gasteiger charge is 2.44. The number of amides is 4. The quantitative estimate of drug-likeness (QED) is 0.573. The average molecular weight is 447 g/mol. The number of carboxylic acid groups (broad SMARTS) is 1. The fourth-order valence-electron chi connectivity index (χ4n) is 4.67. The van der Waals surface area contributed by atoms with Gasteiger partial charge in [-0.15, -0.1) is 0 Å². The first-order chi connectivity index (χ1) is 15.2. The number of carbonyl (C=O) groups is 4. The van der Waals surface area contributed by atoms with Crippen LogP contribution in [0.4, 0.5) is 4.79 Å². The minimum absolute atomic E-state index is 0.0133. The maximum atomic E-state index is 13.1. The first-order valence-electron chi connectivity index (χ1n) is 10.7. The number of nitrogens with one attached hydrogen (secondary N) is 2. The molecule has 1 aromatic heterocycles. The summed E-state index contributed by atoms with van der Waals surface area (Å²) in [6, 6.07) is 4.29. The Kier molecular flexibility index (Phi) is 7.16. The van der Waals surface area contributed by atoms with E-state index in [0.29, 0.717) is 39.3 Å². The Morgan fingerprint density at radius 1 is 1.19 bits per heavy atom. The van der Waals surface area contributed by atoms with Gasteiger partial charge in [-0.1, -0.05) is 6.07 Å². The van der Waals surface area contributed by atoms with Crippen molar-refractivity contribution in [1.29, 1.82) is 0 Å². The summed E-state index contributed by atoms with van der Waals surface area (Å²) >= 11 is 0. The zero-order valence-corrected chi connectivity index (χ0v) is 18.2. The summed E-state index contributed by atoms with van der Waals surface area (Å²) in [6.45, 7) is 5.66. The van der Waals surface area contributed by atoms with Gasteiger partial charge in [-0.25, -0.2) is 4.79 Å². The highest BCUT2D eigenvalue weighted by molar-refractivity contribution is 5.82. The number of piperidine rings is 1. The number of nitrogens with zero attached hydrogens (tertiary/aromatic N) is 3. The zero-order valence-electron chi connectivity index (χ0n) is 18.2. The van der Waals surface area contributed by atoms with E-state index in [9.17, 15) is 19.2 Å². The van der Waals surface area contributed by atoms with Crippen LogP contribution in [0.2, 0.25) is 0 Å². The molecule has 3 aliphatic heterocycles. The third-order valence-electron chi connectivity index (χ3n) is 5.99. The number of fused-ring (bicyclic) bond motifs is 4. The van der Waals surface area contributed by atoms with Crippen LogP contribution in [0.15, 0.2) is 23.0 Å². The van der Waals surface area contributed by atoms with E-state index in [1.54, 1.807) is 20.4 Å². The lowest BCUT2D eigenvalue weighted by Gasteiger charge is -2.46. The Morgan fingerprint density at radius 3 is 2.53 bits per heavy atom. The van der Waals surface area contributed by atoms with Crippen LogP contribution in [-0.4, -0.2) is 82.6 Å². The highest BCUT2D eigenvalue weighted by atomic mass is 16.4. The van der Waals surface area contributed by atoms with E-state index in [4.69, 9.17) is 9.90 Å². The molecular weight excluding hydrogens is 418 g/mol. The van der Waals surface area contributed by atoms with Crippen molar-refractivity contribution in [2.24, 2.45) is 5.92 Å². The Morgan fingerprint density at radius 2 is 1.91 bits per heavy atom. The second-order valence-electron chi connectivity index (χ2n) is 8.25. The fourth-order valence-corrected chi connectivity index (χ4v) is 4.67. The monoisotopic (exact) mass is 447 g/mol. The van der Waals surface area contributed by atoms with Crippen LogP contribution in [0, 0.1) is 5.92 Å². The number of rotatable bonds is 4. The van der Waals surface area contributed by atoms with Crippen molar-refractivity contribution in [3.8, 4) is 0 Å². The van der Waals surface area contributed by atoms with Crippen molar-refractivity contribution in [2.75, 3.05) is 39.3 Å². The summed E-state index contributed by atoms with van der Waals surface area (Å²) < 4.78 is 1.61. The molecule has 0 spiro atoms.